The molecule has 0 radical (unpaired) electrons. The molecule has 6 heteroatoms. The second-order valence-corrected chi connectivity index (χ2v) is 9.37. The molecule has 0 saturated carbocycles. The molecule has 0 heterocycles. The maximum absolute atomic E-state index is 11.5. The van der Waals surface area contributed by atoms with Crippen LogP contribution in [-0.4, -0.2) is 29.9 Å². The van der Waals surface area contributed by atoms with Gasteiger partial charge in [-0.3, -0.25) is 0 Å². The van der Waals surface area contributed by atoms with Gasteiger partial charge in [0.15, 0.2) is 0 Å². The van der Waals surface area contributed by atoms with Gasteiger partial charge >= 0.3 is 29.6 Å². The van der Waals surface area contributed by atoms with Crippen molar-refractivity contribution in [3.8, 4) is 0 Å². The zero-order chi connectivity index (χ0) is 19.5. The Morgan fingerprint density at radius 1 is 0.667 bits per heavy atom. The number of aliphatic hydroxyl groups excluding tert-OH is 1. The second kappa shape index (κ2) is 21.6. The van der Waals surface area contributed by atoms with Crippen LogP contribution in [0.15, 0.2) is 0 Å². The molecule has 0 rings (SSSR count). The minimum absolute atomic E-state index is 0. The van der Waals surface area contributed by atoms with Crippen LogP contribution in [0.25, 0.3) is 0 Å². The fourth-order valence-corrected chi connectivity index (χ4v) is 4.39. The van der Waals surface area contributed by atoms with Crippen LogP contribution < -0.4 is 29.6 Å². The normalized spacial score (nSPS) is 12.7. The van der Waals surface area contributed by atoms with Gasteiger partial charge in [0.1, 0.15) is 0 Å². The van der Waals surface area contributed by atoms with Crippen LogP contribution in [0.5, 0.6) is 0 Å². The molecule has 0 aliphatic heterocycles. The molecule has 0 amide bonds. The minimum Gasteiger partial charge on any atom is -0.748 e. The van der Waals surface area contributed by atoms with Crippen molar-refractivity contribution >= 4 is 10.1 Å². The molecule has 158 valence electrons. The zero-order valence-corrected chi connectivity index (χ0v) is 20.9. The van der Waals surface area contributed by atoms with Crippen molar-refractivity contribution in [1.29, 1.82) is 0 Å². The average Bonchev–Trinajstić information content (AvgIpc) is 2.59. The van der Waals surface area contributed by atoms with E-state index in [1.165, 1.54) is 38.5 Å². The molecule has 0 bridgehead atoms. The molecule has 27 heavy (non-hydrogen) atoms. The molecule has 0 aromatic heterocycles. The van der Waals surface area contributed by atoms with Gasteiger partial charge in [-0.05, 0) is 19.3 Å². The van der Waals surface area contributed by atoms with Crippen LogP contribution >= 0.6 is 0 Å². The largest absolute Gasteiger partial charge is 1.00 e. The molecule has 0 aromatic rings. The molecule has 1 atom stereocenters. The van der Waals surface area contributed by atoms with Crippen LogP contribution in [0.2, 0.25) is 0 Å². The molecule has 0 spiro atoms. The topological polar surface area (TPSA) is 77.4 Å². The van der Waals surface area contributed by atoms with Crippen LogP contribution in [0.1, 0.15) is 122 Å². The van der Waals surface area contributed by atoms with E-state index >= 15 is 0 Å². The quantitative estimate of drug-likeness (QED) is 0.189. The third-order valence-electron chi connectivity index (χ3n) is 5.22. The Morgan fingerprint density at radius 3 is 1.33 bits per heavy atom. The van der Waals surface area contributed by atoms with E-state index in [0.717, 1.165) is 64.2 Å². The average molecular weight is 415 g/mol. The smallest absolute Gasteiger partial charge is 0.748 e. The monoisotopic (exact) mass is 414 g/mol. The summed E-state index contributed by atoms with van der Waals surface area (Å²) in [6.45, 7) is 2.49. The summed E-state index contributed by atoms with van der Waals surface area (Å²) in [6.07, 6.45) is 19.0. The molecule has 0 saturated heterocycles. The SMILES string of the molecule is CCCCCCCCCCCC(CCCCCCCCCO)S(=O)(=O)[O-].[Na+]. The Morgan fingerprint density at radius 2 is 1.00 bits per heavy atom. The van der Waals surface area contributed by atoms with E-state index in [0.29, 0.717) is 12.8 Å². The van der Waals surface area contributed by atoms with E-state index in [1.54, 1.807) is 0 Å². The number of unbranched alkanes of at least 4 members (excludes halogenated alkanes) is 14. The van der Waals surface area contributed by atoms with Crippen LogP contribution in [0.3, 0.4) is 0 Å². The van der Waals surface area contributed by atoms with E-state index in [4.69, 9.17) is 5.11 Å². The summed E-state index contributed by atoms with van der Waals surface area (Å²) in [5.41, 5.74) is 0. The van der Waals surface area contributed by atoms with E-state index in [2.05, 4.69) is 6.92 Å². The Kier molecular flexibility index (Phi) is 24.0. The standard InChI is InChI=1S/C21H44O4S.Na/c1-2-3-4-5-6-7-9-12-15-18-21(26(23,24)25)19-16-13-10-8-11-14-17-20-22;/h21-22H,2-20H2,1H3,(H,23,24,25);/q;+1/p-1. The Bertz CT molecular complexity index is 388. The van der Waals surface area contributed by atoms with Gasteiger partial charge in [0.05, 0.1) is 10.1 Å². The summed E-state index contributed by atoms with van der Waals surface area (Å²) < 4.78 is 34.4. The van der Waals surface area contributed by atoms with Gasteiger partial charge in [0.25, 0.3) is 0 Å². The first kappa shape index (κ1) is 30.1. The molecule has 4 nitrogen and oxygen atoms in total. The van der Waals surface area contributed by atoms with Crippen LogP contribution in [-0.2, 0) is 10.1 Å². The van der Waals surface area contributed by atoms with Gasteiger partial charge in [0.2, 0.25) is 0 Å². The second-order valence-electron chi connectivity index (χ2n) is 7.72. The first-order valence-corrected chi connectivity index (χ1v) is 12.5. The van der Waals surface area contributed by atoms with Gasteiger partial charge in [0, 0.05) is 11.9 Å². The first-order chi connectivity index (χ1) is 12.5. The number of hydrogen-bond acceptors (Lipinski definition) is 4. The first-order valence-electron chi connectivity index (χ1n) is 11.1. The molecule has 0 aliphatic rings. The molecular weight excluding hydrogens is 371 g/mol. The summed E-state index contributed by atoms with van der Waals surface area (Å²) in [5, 5.41) is 8.04. The van der Waals surface area contributed by atoms with Gasteiger partial charge in [-0.15, -0.1) is 0 Å². The summed E-state index contributed by atoms with van der Waals surface area (Å²) in [4.78, 5) is 0. The molecule has 0 aliphatic carbocycles. The van der Waals surface area contributed by atoms with E-state index in [-0.39, 0.29) is 36.2 Å². The van der Waals surface area contributed by atoms with Gasteiger partial charge < -0.3 is 9.66 Å². The summed E-state index contributed by atoms with van der Waals surface area (Å²) in [6, 6.07) is 0. The van der Waals surface area contributed by atoms with Crippen molar-refractivity contribution in [2.24, 2.45) is 0 Å². The van der Waals surface area contributed by atoms with Crippen molar-refractivity contribution in [3.63, 3.8) is 0 Å². The summed E-state index contributed by atoms with van der Waals surface area (Å²) >= 11 is 0. The Balaban J connectivity index is 0. The number of hydrogen-bond donors (Lipinski definition) is 1. The van der Waals surface area contributed by atoms with Crippen molar-refractivity contribution < 1.29 is 47.6 Å². The van der Waals surface area contributed by atoms with E-state index in [9.17, 15) is 13.0 Å². The Labute approximate surface area is 191 Å². The summed E-state index contributed by atoms with van der Waals surface area (Å²) in [7, 11) is -4.16. The molecular formula is C21H43NaO4S. The fourth-order valence-electron chi connectivity index (χ4n) is 3.48. The van der Waals surface area contributed by atoms with E-state index < -0.39 is 15.4 Å². The Hall–Kier alpha value is 0.870. The predicted molar refractivity (Wildman–Crippen MR) is 109 cm³/mol. The van der Waals surface area contributed by atoms with Crippen LogP contribution in [0.4, 0.5) is 0 Å². The molecule has 0 aromatic carbocycles. The number of aliphatic hydroxyl groups is 1. The summed E-state index contributed by atoms with van der Waals surface area (Å²) in [5.74, 6) is 0. The van der Waals surface area contributed by atoms with Crippen molar-refractivity contribution in [1.82, 2.24) is 0 Å². The maximum atomic E-state index is 11.5. The van der Waals surface area contributed by atoms with Crippen molar-refractivity contribution in [2.75, 3.05) is 6.61 Å². The third-order valence-corrected chi connectivity index (χ3v) is 6.51. The number of rotatable bonds is 20. The molecule has 0 fully saturated rings. The maximum Gasteiger partial charge on any atom is 1.00 e. The van der Waals surface area contributed by atoms with Gasteiger partial charge in [-0.25, -0.2) is 8.42 Å². The van der Waals surface area contributed by atoms with Crippen molar-refractivity contribution in [3.05, 3.63) is 0 Å². The molecule has 1 N–H and O–H groups in total. The predicted octanol–water partition coefficient (Wildman–Crippen LogP) is 2.94. The van der Waals surface area contributed by atoms with E-state index in [1.807, 2.05) is 0 Å². The van der Waals surface area contributed by atoms with Gasteiger partial charge in [-0.1, -0.05) is 103 Å². The minimum atomic E-state index is -4.16. The van der Waals surface area contributed by atoms with Gasteiger partial charge in [-0.2, -0.15) is 0 Å². The van der Waals surface area contributed by atoms with Crippen molar-refractivity contribution in [2.45, 2.75) is 128 Å². The third kappa shape index (κ3) is 21.4. The zero-order valence-electron chi connectivity index (χ0n) is 18.1. The van der Waals surface area contributed by atoms with Crippen LogP contribution in [0, 0.1) is 0 Å². The fraction of sp³-hybridized carbons (Fsp3) is 1.00. The molecule has 1 unspecified atom stereocenters.